The van der Waals surface area contributed by atoms with Gasteiger partial charge in [0, 0.05) is 18.9 Å². The molecule has 0 aliphatic heterocycles. The van der Waals surface area contributed by atoms with E-state index in [9.17, 15) is 4.79 Å². The van der Waals surface area contributed by atoms with E-state index in [-0.39, 0.29) is 5.91 Å². The number of hydrogen-bond donors (Lipinski definition) is 0. The first-order valence-corrected chi connectivity index (χ1v) is 7.96. The van der Waals surface area contributed by atoms with Gasteiger partial charge in [0.2, 0.25) is 0 Å². The number of carbonyl (C=O) groups excluding carboxylic acids is 1. The van der Waals surface area contributed by atoms with Gasteiger partial charge in [0.15, 0.2) is 0 Å². The van der Waals surface area contributed by atoms with Crippen molar-refractivity contribution >= 4 is 11.6 Å². The Morgan fingerprint density at radius 2 is 1.83 bits per heavy atom. The summed E-state index contributed by atoms with van der Waals surface area (Å²) in [5.41, 5.74) is 5.02. The number of anilines is 1. The lowest BCUT2D eigenvalue weighted by Crippen LogP contribution is -2.26. The quantitative estimate of drug-likeness (QED) is 0.733. The Kier molecular flexibility index (Phi) is 4.47. The highest BCUT2D eigenvalue weighted by Gasteiger charge is 2.16. The predicted molar refractivity (Wildman–Crippen MR) is 96.4 cm³/mol. The van der Waals surface area contributed by atoms with Crippen molar-refractivity contribution in [2.75, 3.05) is 11.9 Å². The van der Waals surface area contributed by atoms with Crippen LogP contribution >= 0.6 is 0 Å². The smallest absolute Gasteiger partial charge is 0.261 e. The molecular weight excluding hydrogens is 298 g/mol. The third kappa shape index (κ3) is 3.38. The van der Waals surface area contributed by atoms with Gasteiger partial charge in [0.25, 0.3) is 5.91 Å². The van der Waals surface area contributed by atoms with Crippen molar-refractivity contribution in [1.29, 1.82) is 0 Å². The van der Waals surface area contributed by atoms with Crippen LogP contribution in [0.1, 0.15) is 27.0 Å². The maximum atomic E-state index is 12.7. The van der Waals surface area contributed by atoms with Crippen LogP contribution in [0, 0.1) is 13.8 Å². The van der Waals surface area contributed by atoms with Gasteiger partial charge in [-0.3, -0.25) is 9.48 Å². The Bertz CT molecular complexity index is 852. The topological polar surface area (TPSA) is 38.1 Å². The van der Waals surface area contributed by atoms with Crippen LogP contribution in [0.3, 0.4) is 0 Å². The lowest BCUT2D eigenvalue weighted by atomic mass is 10.1. The van der Waals surface area contributed by atoms with Crippen molar-refractivity contribution < 1.29 is 4.79 Å². The van der Waals surface area contributed by atoms with Gasteiger partial charge in [-0.25, -0.2) is 0 Å². The first-order valence-electron chi connectivity index (χ1n) is 7.96. The van der Waals surface area contributed by atoms with Gasteiger partial charge in [-0.05, 0) is 42.7 Å². The number of nitrogens with zero attached hydrogens (tertiary/aromatic N) is 3. The number of rotatable bonds is 4. The summed E-state index contributed by atoms with van der Waals surface area (Å²) in [5.74, 6) is -0.0578. The molecule has 0 fully saturated rings. The van der Waals surface area contributed by atoms with Gasteiger partial charge in [-0.1, -0.05) is 36.4 Å². The van der Waals surface area contributed by atoms with Crippen LogP contribution in [0.2, 0.25) is 0 Å². The zero-order valence-electron chi connectivity index (χ0n) is 14.2. The first kappa shape index (κ1) is 16.0. The van der Waals surface area contributed by atoms with Gasteiger partial charge in [0.05, 0.1) is 18.3 Å². The second kappa shape index (κ2) is 6.71. The summed E-state index contributed by atoms with van der Waals surface area (Å²) in [7, 11) is 1.79. The maximum Gasteiger partial charge on any atom is 0.261 e. The number of aryl methyl sites for hydroxylation is 2. The fraction of sp³-hybridized carbons (Fsp3) is 0.200. The van der Waals surface area contributed by atoms with Crippen LogP contribution in [-0.2, 0) is 6.54 Å². The first-order chi connectivity index (χ1) is 11.5. The molecule has 0 saturated carbocycles. The number of aromatic nitrogens is 2. The standard InChI is InChI=1S/C20H21N3O/c1-15-9-10-19(11-16(15)2)22(3)20(24)18-12-21-23(14-18)13-17-7-5-4-6-8-17/h4-12,14H,13H2,1-3H3. The molecule has 2 aromatic carbocycles. The molecule has 24 heavy (non-hydrogen) atoms. The third-order valence-electron chi connectivity index (χ3n) is 4.25. The zero-order chi connectivity index (χ0) is 17.1. The molecule has 4 heteroatoms. The highest BCUT2D eigenvalue weighted by Crippen LogP contribution is 2.19. The van der Waals surface area contributed by atoms with Gasteiger partial charge < -0.3 is 4.90 Å². The van der Waals surface area contributed by atoms with Crippen molar-refractivity contribution in [3.05, 3.63) is 83.2 Å². The normalized spacial score (nSPS) is 10.6. The molecule has 0 bridgehead atoms. The largest absolute Gasteiger partial charge is 0.311 e. The Labute approximate surface area is 142 Å². The van der Waals surface area contributed by atoms with Gasteiger partial charge in [-0.15, -0.1) is 0 Å². The average molecular weight is 319 g/mol. The lowest BCUT2D eigenvalue weighted by Gasteiger charge is -2.17. The average Bonchev–Trinajstić information content (AvgIpc) is 3.05. The summed E-state index contributed by atoms with van der Waals surface area (Å²) in [6, 6.07) is 16.1. The molecule has 4 nitrogen and oxygen atoms in total. The molecule has 0 aliphatic rings. The maximum absolute atomic E-state index is 12.7. The molecule has 0 spiro atoms. The molecular formula is C20H21N3O. The van der Waals surface area contributed by atoms with Crippen LogP contribution in [0.15, 0.2) is 60.9 Å². The van der Waals surface area contributed by atoms with E-state index < -0.39 is 0 Å². The lowest BCUT2D eigenvalue weighted by molar-refractivity contribution is 0.0993. The molecule has 3 aromatic rings. The van der Waals surface area contributed by atoms with Crippen LogP contribution in [-0.4, -0.2) is 22.7 Å². The highest BCUT2D eigenvalue weighted by atomic mass is 16.2. The molecule has 122 valence electrons. The Balaban J connectivity index is 1.76. The van der Waals surface area contributed by atoms with Crippen LogP contribution in [0.5, 0.6) is 0 Å². The molecule has 0 radical (unpaired) electrons. The van der Waals surface area contributed by atoms with E-state index in [1.165, 1.54) is 11.1 Å². The molecule has 1 aromatic heterocycles. The van der Waals surface area contributed by atoms with Crippen molar-refractivity contribution in [2.24, 2.45) is 0 Å². The monoisotopic (exact) mass is 319 g/mol. The molecule has 1 heterocycles. The van der Waals surface area contributed by atoms with E-state index in [2.05, 4.69) is 18.9 Å². The Morgan fingerprint density at radius 1 is 1.08 bits per heavy atom. The number of benzene rings is 2. The van der Waals surface area contributed by atoms with E-state index in [0.29, 0.717) is 12.1 Å². The second-order valence-corrected chi connectivity index (χ2v) is 6.04. The number of carbonyl (C=O) groups is 1. The molecule has 0 aliphatic carbocycles. The van der Waals surface area contributed by atoms with Crippen molar-refractivity contribution in [2.45, 2.75) is 20.4 Å². The fourth-order valence-electron chi connectivity index (χ4n) is 2.58. The van der Waals surface area contributed by atoms with Gasteiger partial charge in [0.1, 0.15) is 0 Å². The molecule has 0 atom stereocenters. The minimum absolute atomic E-state index is 0.0578. The number of amides is 1. The summed E-state index contributed by atoms with van der Waals surface area (Å²) in [6.45, 7) is 4.77. The highest BCUT2D eigenvalue weighted by molar-refractivity contribution is 6.05. The number of hydrogen-bond acceptors (Lipinski definition) is 2. The molecule has 3 rings (SSSR count). The predicted octanol–water partition coefficient (Wildman–Crippen LogP) is 3.82. The van der Waals surface area contributed by atoms with Gasteiger partial charge >= 0.3 is 0 Å². The summed E-state index contributed by atoms with van der Waals surface area (Å²) in [5, 5.41) is 4.31. The summed E-state index contributed by atoms with van der Waals surface area (Å²) in [4.78, 5) is 14.3. The van der Waals surface area contributed by atoms with Gasteiger partial charge in [-0.2, -0.15) is 5.10 Å². The van der Waals surface area contributed by atoms with Crippen molar-refractivity contribution in [3.63, 3.8) is 0 Å². The Morgan fingerprint density at radius 3 is 2.54 bits per heavy atom. The SMILES string of the molecule is Cc1ccc(N(C)C(=O)c2cnn(Cc3ccccc3)c2)cc1C. The van der Waals surface area contributed by atoms with E-state index >= 15 is 0 Å². The molecule has 0 unspecified atom stereocenters. The van der Waals surface area contributed by atoms with Crippen LogP contribution in [0.4, 0.5) is 5.69 Å². The minimum atomic E-state index is -0.0578. The van der Waals surface area contributed by atoms with Crippen molar-refractivity contribution in [1.82, 2.24) is 9.78 Å². The summed E-state index contributed by atoms with van der Waals surface area (Å²) < 4.78 is 1.79. The van der Waals surface area contributed by atoms with E-state index in [4.69, 9.17) is 0 Å². The molecule has 1 amide bonds. The van der Waals surface area contributed by atoms with E-state index in [0.717, 1.165) is 11.3 Å². The molecule has 0 N–H and O–H groups in total. The third-order valence-corrected chi connectivity index (χ3v) is 4.25. The van der Waals surface area contributed by atoms with Crippen molar-refractivity contribution in [3.8, 4) is 0 Å². The molecule has 0 saturated heterocycles. The summed E-state index contributed by atoms with van der Waals surface area (Å²) >= 11 is 0. The zero-order valence-corrected chi connectivity index (χ0v) is 14.2. The van der Waals surface area contributed by atoms with E-state index in [1.807, 2.05) is 48.5 Å². The van der Waals surface area contributed by atoms with Crippen LogP contribution in [0.25, 0.3) is 0 Å². The summed E-state index contributed by atoms with van der Waals surface area (Å²) in [6.07, 6.45) is 3.43. The van der Waals surface area contributed by atoms with E-state index in [1.54, 1.807) is 29.0 Å². The Hall–Kier alpha value is -2.88. The minimum Gasteiger partial charge on any atom is -0.311 e. The van der Waals surface area contributed by atoms with Crippen LogP contribution < -0.4 is 4.90 Å². The fourth-order valence-corrected chi connectivity index (χ4v) is 2.58. The second-order valence-electron chi connectivity index (χ2n) is 6.04.